The molecule has 0 aromatic heterocycles. The molecular weight excluding hydrogens is 496 g/mol. The quantitative estimate of drug-likeness (QED) is 0.298. The highest BCUT2D eigenvalue weighted by molar-refractivity contribution is 8.00. The molecule has 2 aliphatic rings. The monoisotopic (exact) mass is 544 g/mol. The Morgan fingerprint density at radius 3 is 1.84 bits per heavy atom. The molecule has 2 aliphatic heterocycles. The van der Waals surface area contributed by atoms with E-state index >= 15 is 0 Å². The second-order valence-electron chi connectivity index (χ2n) is 10.8. The number of hydrogen-bond donors (Lipinski definition) is 0. The Hall–Kier alpha value is -1.41. The molecule has 2 saturated heterocycles. The van der Waals surface area contributed by atoms with Crippen LogP contribution >= 0.6 is 11.8 Å². The number of benzene rings is 2. The van der Waals surface area contributed by atoms with Crippen molar-refractivity contribution in [2.24, 2.45) is 23.7 Å². The first kappa shape index (κ1) is 31.1. The summed E-state index contributed by atoms with van der Waals surface area (Å²) in [4.78, 5) is 0. The molecule has 0 bridgehead atoms. The highest BCUT2D eigenvalue weighted by Crippen LogP contribution is 2.44. The summed E-state index contributed by atoms with van der Waals surface area (Å²) in [5.41, 5.74) is 2.47. The van der Waals surface area contributed by atoms with Gasteiger partial charge in [-0.25, -0.2) is 0 Å². The predicted molar refractivity (Wildman–Crippen MR) is 156 cm³/mol. The minimum atomic E-state index is -0.220. The Morgan fingerprint density at radius 1 is 0.737 bits per heavy atom. The van der Waals surface area contributed by atoms with Crippen molar-refractivity contribution in [2.75, 3.05) is 20.3 Å². The van der Waals surface area contributed by atoms with Crippen LogP contribution in [0.2, 0.25) is 0 Å². The van der Waals surface area contributed by atoms with Crippen molar-refractivity contribution in [2.45, 2.75) is 83.9 Å². The molecule has 0 amide bonds. The molecule has 4 rings (SSSR count). The number of thioether (sulfide) groups is 1. The van der Waals surface area contributed by atoms with E-state index in [-0.39, 0.29) is 42.5 Å². The molecule has 0 spiro atoms. The minimum absolute atomic E-state index is 0. The van der Waals surface area contributed by atoms with Crippen LogP contribution in [0.15, 0.2) is 60.7 Å². The van der Waals surface area contributed by atoms with Gasteiger partial charge < -0.3 is 23.7 Å². The highest BCUT2D eigenvalue weighted by atomic mass is 32.2. The van der Waals surface area contributed by atoms with Crippen molar-refractivity contribution < 1.29 is 23.7 Å². The summed E-state index contributed by atoms with van der Waals surface area (Å²) in [6.45, 7) is 11.5. The molecule has 0 radical (unpaired) electrons. The summed E-state index contributed by atoms with van der Waals surface area (Å²) in [5.74, 6) is 1.71. The van der Waals surface area contributed by atoms with Gasteiger partial charge in [-0.2, -0.15) is 0 Å². The zero-order chi connectivity index (χ0) is 26.2. The molecule has 6 heteroatoms. The van der Waals surface area contributed by atoms with Gasteiger partial charge in [0.05, 0.1) is 38.6 Å². The maximum Gasteiger partial charge on any atom is 0.160 e. The van der Waals surface area contributed by atoms with Crippen LogP contribution in [-0.2, 0) is 36.9 Å². The maximum absolute atomic E-state index is 6.68. The van der Waals surface area contributed by atoms with Crippen LogP contribution in [0.4, 0.5) is 0 Å². The smallest absolute Gasteiger partial charge is 0.160 e. The van der Waals surface area contributed by atoms with Gasteiger partial charge >= 0.3 is 0 Å². The Morgan fingerprint density at radius 2 is 1.29 bits per heavy atom. The summed E-state index contributed by atoms with van der Waals surface area (Å²) in [7, 11) is 1.73. The van der Waals surface area contributed by atoms with E-state index in [1.165, 1.54) is 11.1 Å². The first-order valence-corrected chi connectivity index (χ1v) is 14.6. The van der Waals surface area contributed by atoms with Crippen molar-refractivity contribution in [3.8, 4) is 0 Å². The van der Waals surface area contributed by atoms with E-state index in [0.29, 0.717) is 44.2 Å². The average molecular weight is 545 g/mol. The highest BCUT2D eigenvalue weighted by Gasteiger charge is 2.45. The second kappa shape index (κ2) is 15.4. The van der Waals surface area contributed by atoms with Gasteiger partial charge in [0.15, 0.2) is 6.29 Å². The second-order valence-corrected chi connectivity index (χ2v) is 12.1. The Labute approximate surface area is 234 Å². The van der Waals surface area contributed by atoms with Crippen LogP contribution in [0.5, 0.6) is 0 Å². The predicted octanol–water partition coefficient (Wildman–Crippen LogP) is 7.19. The van der Waals surface area contributed by atoms with Crippen molar-refractivity contribution in [1.82, 2.24) is 0 Å². The molecule has 2 aromatic rings. The summed E-state index contributed by atoms with van der Waals surface area (Å²) < 4.78 is 31.1. The van der Waals surface area contributed by atoms with Gasteiger partial charge in [0, 0.05) is 18.3 Å². The van der Waals surface area contributed by atoms with Gasteiger partial charge in [-0.1, -0.05) is 95.8 Å². The normalized spacial score (nSPS) is 33.4. The lowest BCUT2D eigenvalue weighted by atomic mass is 9.86. The zero-order valence-corrected chi connectivity index (χ0v) is 23.8. The molecule has 9 atom stereocenters. The Kier molecular flexibility index (Phi) is 12.6. The van der Waals surface area contributed by atoms with Crippen LogP contribution in [0, 0.1) is 23.7 Å². The lowest BCUT2D eigenvalue weighted by molar-refractivity contribution is -0.227. The molecular formula is C32H48O5S. The SMILES string of the molecule is C.CO[C@H]1OC(COCc2ccccc2)[C@H](S[C@H]2C[C@@H](C)[C@H](C)C(COCc3ccccc3)O2)[C@H](C)C1C. The summed E-state index contributed by atoms with van der Waals surface area (Å²) >= 11 is 1.92. The average Bonchev–Trinajstić information content (AvgIpc) is 2.92. The molecule has 0 saturated carbocycles. The van der Waals surface area contributed by atoms with Crippen LogP contribution < -0.4 is 0 Å². The fourth-order valence-electron chi connectivity index (χ4n) is 5.32. The summed E-state index contributed by atoms with van der Waals surface area (Å²) in [5, 5.41) is 0.258. The van der Waals surface area contributed by atoms with Crippen molar-refractivity contribution >= 4 is 11.8 Å². The number of hydrogen-bond acceptors (Lipinski definition) is 6. The first-order chi connectivity index (χ1) is 18.0. The van der Waals surface area contributed by atoms with E-state index in [9.17, 15) is 0 Å². The standard InChI is InChI=1S/C31H44O5S.CH4/c1-21-16-29(35-27(22(21)2)19-33-17-25-12-8-6-9-13-25)37-30-23(3)24(4)31(32-5)36-28(30)20-34-18-26-14-10-7-11-15-26;/h6-15,21-24,27-31H,16-20H2,1-5H3;1H4/t21-,22+,23-,24?,27?,28?,29+,30-,31+;/m1./s1. The van der Waals surface area contributed by atoms with Crippen molar-refractivity contribution in [3.63, 3.8) is 0 Å². The topological polar surface area (TPSA) is 46.2 Å². The molecule has 0 N–H and O–H groups in total. The molecule has 2 heterocycles. The molecule has 212 valence electrons. The largest absolute Gasteiger partial charge is 0.374 e. The lowest BCUT2D eigenvalue weighted by Gasteiger charge is -2.46. The van der Waals surface area contributed by atoms with E-state index in [2.05, 4.69) is 64.1 Å². The number of rotatable bonds is 11. The molecule has 3 unspecified atom stereocenters. The summed E-state index contributed by atoms with van der Waals surface area (Å²) in [6.07, 6.45) is 0.837. The Balaban J connectivity index is 0.00000400. The third kappa shape index (κ3) is 8.30. The van der Waals surface area contributed by atoms with Gasteiger partial charge in [0.1, 0.15) is 5.44 Å². The van der Waals surface area contributed by atoms with E-state index in [1.54, 1.807) is 7.11 Å². The van der Waals surface area contributed by atoms with E-state index in [0.717, 1.165) is 6.42 Å². The van der Waals surface area contributed by atoms with E-state index in [1.807, 2.05) is 36.0 Å². The van der Waals surface area contributed by atoms with Crippen LogP contribution in [0.1, 0.15) is 52.7 Å². The van der Waals surface area contributed by atoms with E-state index < -0.39 is 0 Å². The first-order valence-electron chi connectivity index (χ1n) is 13.7. The van der Waals surface area contributed by atoms with Crippen molar-refractivity contribution in [1.29, 1.82) is 0 Å². The summed E-state index contributed by atoms with van der Waals surface area (Å²) in [6, 6.07) is 20.6. The third-order valence-electron chi connectivity index (χ3n) is 8.16. The third-order valence-corrected chi connectivity index (χ3v) is 9.81. The van der Waals surface area contributed by atoms with Gasteiger partial charge in [-0.15, -0.1) is 11.8 Å². The fourth-order valence-corrected chi connectivity index (χ4v) is 7.11. The molecule has 0 aliphatic carbocycles. The van der Waals surface area contributed by atoms with Gasteiger partial charge in [0.25, 0.3) is 0 Å². The molecule has 2 fully saturated rings. The van der Waals surface area contributed by atoms with Crippen LogP contribution in [-0.4, -0.2) is 49.5 Å². The van der Waals surface area contributed by atoms with Gasteiger partial charge in [-0.05, 0) is 35.3 Å². The van der Waals surface area contributed by atoms with Gasteiger partial charge in [0.2, 0.25) is 0 Å². The maximum atomic E-state index is 6.68. The minimum Gasteiger partial charge on any atom is -0.374 e. The number of methoxy groups -OCH3 is 1. The van der Waals surface area contributed by atoms with Crippen LogP contribution in [0.3, 0.4) is 0 Å². The molecule has 38 heavy (non-hydrogen) atoms. The zero-order valence-electron chi connectivity index (χ0n) is 23.0. The number of ether oxygens (including phenoxy) is 5. The van der Waals surface area contributed by atoms with Gasteiger partial charge in [-0.3, -0.25) is 0 Å². The molecule has 5 nitrogen and oxygen atoms in total. The Bertz CT molecular complexity index is 913. The van der Waals surface area contributed by atoms with Crippen molar-refractivity contribution in [3.05, 3.63) is 71.8 Å². The molecule has 2 aromatic carbocycles. The fraction of sp³-hybridized carbons (Fsp3) is 0.625. The van der Waals surface area contributed by atoms with E-state index in [4.69, 9.17) is 23.7 Å². The van der Waals surface area contributed by atoms with Crippen LogP contribution in [0.25, 0.3) is 0 Å². The lowest BCUT2D eigenvalue weighted by Crippen LogP contribution is -2.51.